The average Bonchev–Trinajstić information content (AvgIpc) is 3.31. The first kappa shape index (κ1) is 18.1. The highest BCUT2D eigenvalue weighted by Gasteiger charge is 2.15. The van der Waals surface area contributed by atoms with Crippen molar-refractivity contribution in [1.29, 1.82) is 0 Å². The van der Waals surface area contributed by atoms with Gasteiger partial charge in [0.05, 0.1) is 5.69 Å². The molecule has 0 fully saturated rings. The van der Waals surface area contributed by atoms with Gasteiger partial charge >= 0.3 is 5.97 Å². The van der Waals surface area contributed by atoms with E-state index in [1.807, 2.05) is 30.3 Å². The fraction of sp³-hybridized carbons (Fsp3) is 0.158. The fourth-order valence-electron chi connectivity index (χ4n) is 2.67. The van der Waals surface area contributed by atoms with E-state index in [-0.39, 0.29) is 18.0 Å². The minimum Gasteiger partial charge on any atom is -0.504 e. The lowest BCUT2D eigenvalue weighted by Crippen LogP contribution is -2.08. The van der Waals surface area contributed by atoms with Gasteiger partial charge in [-0.3, -0.25) is 14.7 Å². The zero-order valence-electron chi connectivity index (χ0n) is 14.4. The Kier molecular flexibility index (Phi) is 5.46. The van der Waals surface area contributed by atoms with Crippen LogP contribution < -0.4 is 0 Å². The average molecular weight is 366 g/mol. The van der Waals surface area contributed by atoms with Gasteiger partial charge < -0.3 is 14.8 Å². The third kappa shape index (κ3) is 4.69. The number of benzene rings is 1. The van der Waals surface area contributed by atoms with E-state index < -0.39 is 11.8 Å². The molecule has 8 heteroatoms. The van der Waals surface area contributed by atoms with Crippen molar-refractivity contribution in [1.82, 2.24) is 19.7 Å². The van der Waals surface area contributed by atoms with E-state index in [1.54, 1.807) is 16.8 Å². The van der Waals surface area contributed by atoms with Crippen molar-refractivity contribution >= 4 is 17.5 Å². The molecule has 0 spiro atoms. The van der Waals surface area contributed by atoms with E-state index in [2.05, 4.69) is 15.2 Å². The van der Waals surface area contributed by atoms with Crippen LogP contribution in [0.2, 0.25) is 0 Å². The number of carbonyl (C=O) groups is 2. The molecule has 0 radical (unpaired) electrons. The SMILES string of the molecule is O=C(O)CCc1cc(C(=O)/C=C(\O)c2ncn[nH]2)n(Cc2ccccc2)c1. The van der Waals surface area contributed by atoms with E-state index in [0.29, 0.717) is 18.7 Å². The summed E-state index contributed by atoms with van der Waals surface area (Å²) in [5.74, 6) is -1.55. The van der Waals surface area contributed by atoms with Gasteiger partial charge in [0.2, 0.25) is 5.78 Å². The Hall–Kier alpha value is -3.68. The lowest BCUT2D eigenvalue weighted by molar-refractivity contribution is -0.136. The number of hydrogen-bond acceptors (Lipinski definition) is 5. The second-order valence-corrected chi connectivity index (χ2v) is 5.97. The number of aliphatic carboxylic acids is 1. The van der Waals surface area contributed by atoms with Crippen molar-refractivity contribution < 1.29 is 19.8 Å². The number of H-pyrrole nitrogens is 1. The van der Waals surface area contributed by atoms with E-state index in [9.17, 15) is 14.7 Å². The van der Waals surface area contributed by atoms with Gasteiger partial charge in [-0.25, -0.2) is 4.98 Å². The number of carbonyl (C=O) groups excluding carboxylic acids is 1. The van der Waals surface area contributed by atoms with Gasteiger partial charge in [0.1, 0.15) is 6.33 Å². The topological polar surface area (TPSA) is 121 Å². The molecule has 2 aromatic heterocycles. The Morgan fingerprint density at radius 3 is 2.59 bits per heavy atom. The van der Waals surface area contributed by atoms with Crippen molar-refractivity contribution in [3.05, 3.63) is 77.6 Å². The molecule has 3 rings (SSSR count). The van der Waals surface area contributed by atoms with Crippen LogP contribution in [0.3, 0.4) is 0 Å². The van der Waals surface area contributed by atoms with Crippen molar-refractivity contribution in [2.24, 2.45) is 0 Å². The van der Waals surface area contributed by atoms with E-state index >= 15 is 0 Å². The fourth-order valence-corrected chi connectivity index (χ4v) is 2.67. The molecule has 3 N–H and O–H groups in total. The molecule has 0 bridgehead atoms. The molecule has 27 heavy (non-hydrogen) atoms. The molecule has 2 heterocycles. The molecule has 0 aliphatic heterocycles. The molecule has 138 valence electrons. The highest BCUT2D eigenvalue weighted by molar-refractivity contribution is 6.06. The first-order valence-electron chi connectivity index (χ1n) is 8.28. The zero-order chi connectivity index (χ0) is 19.2. The van der Waals surface area contributed by atoms with Crippen molar-refractivity contribution in [2.45, 2.75) is 19.4 Å². The van der Waals surface area contributed by atoms with Crippen LogP contribution in [-0.2, 0) is 17.8 Å². The van der Waals surface area contributed by atoms with Crippen LogP contribution in [0.5, 0.6) is 0 Å². The molecular formula is C19H18N4O4. The molecule has 0 saturated heterocycles. The molecule has 0 atom stereocenters. The summed E-state index contributed by atoms with van der Waals surface area (Å²) < 4.78 is 1.75. The molecule has 0 aliphatic carbocycles. The molecule has 3 aromatic rings. The van der Waals surface area contributed by atoms with Crippen molar-refractivity contribution in [3.63, 3.8) is 0 Å². The molecule has 0 unspecified atom stereocenters. The predicted molar refractivity (Wildman–Crippen MR) is 97.3 cm³/mol. The number of rotatable bonds is 8. The summed E-state index contributed by atoms with van der Waals surface area (Å²) in [6.07, 6.45) is 4.35. The summed E-state index contributed by atoms with van der Waals surface area (Å²) in [4.78, 5) is 27.3. The van der Waals surface area contributed by atoms with E-state index in [0.717, 1.165) is 17.2 Å². The smallest absolute Gasteiger partial charge is 0.303 e. The number of carboxylic acid groups (broad SMARTS) is 1. The number of aryl methyl sites for hydroxylation is 1. The van der Waals surface area contributed by atoms with Crippen LogP contribution in [0.4, 0.5) is 0 Å². The highest BCUT2D eigenvalue weighted by atomic mass is 16.4. The van der Waals surface area contributed by atoms with Crippen LogP contribution >= 0.6 is 0 Å². The number of allylic oxidation sites excluding steroid dienone is 1. The lowest BCUT2D eigenvalue weighted by Gasteiger charge is -2.07. The van der Waals surface area contributed by atoms with Crippen LogP contribution in [0.1, 0.15) is 33.9 Å². The molecule has 8 nitrogen and oxygen atoms in total. The number of nitrogens with one attached hydrogen (secondary N) is 1. The maximum Gasteiger partial charge on any atom is 0.303 e. The van der Waals surface area contributed by atoms with Crippen LogP contribution in [0, 0.1) is 0 Å². The number of hydrogen-bond donors (Lipinski definition) is 3. The van der Waals surface area contributed by atoms with Gasteiger partial charge in [-0.15, -0.1) is 0 Å². The summed E-state index contributed by atoms with van der Waals surface area (Å²) in [5, 5.41) is 25.0. The number of ketones is 1. The third-order valence-corrected chi connectivity index (χ3v) is 3.95. The van der Waals surface area contributed by atoms with Crippen LogP contribution in [0.15, 0.2) is 55.0 Å². The van der Waals surface area contributed by atoms with Gasteiger partial charge in [0, 0.05) is 25.2 Å². The number of aliphatic hydroxyl groups is 1. The van der Waals surface area contributed by atoms with Crippen LogP contribution in [-0.4, -0.2) is 41.7 Å². The Bertz CT molecular complexity index is 959. The monoisotopic (exact) mass is 366 g/mol. The number of aliphatic hydroxyl groups excluding tert-OH is 1. The molecule has 0 saturated carbocycles. The zero-order valence-corrected chi connectivity index (χ0v) is 14.4. The number of aromatic nitrogens is 4. The highest BCUT2D eigenvalue weighted by Crippen LogP contribution is 2.16. The summed E-state index contributed by atoms with van der Waals surface area (Å²) in [7, 11) is 0. The standard InChI is InChI=1S/C19H18N4O4/c24-16(9-17(25)19-20-12-21-22-19)15-8-14(6-7-18(26)27)11-23(15)10-13-4-2-1-3-5-13/h1-5,8-9,11-12,25H,6-7,10H2,(H,26,27)(H,20,21,22)/b17-9-. The maximum absolute atomic E-state index is 12.7. The summed E-state index contributed by atoms with van der Waals surface area (Å²) in [6.45, 7) is 0.450. The quantitative estimate of drug-likeness (QED) is 0.320. The van der Waals surface area contributed by atoms with Gasteiger partial charge in [-0.1, -0.05) is 30.3 Å². The molecule has 0 amide bonds. The lowest BCUT2D eigenvalue weighted by atomic mass is 10.1. The van der Waals surface area contributed by atoms with Gasteiger partial charge in [-0.2, -0.15) is 5.10 Å². The largest absolute Gasteiger partial charge is 0.504 e. The maximum atomic E-state index is 12.7. The van der Waals surface area contributed by atoms with Crippen molar-refractivity contribution in [3.8, 4) is 0 Å². The van der Waals surface area contributed by atoms with Gasteiger partial charge in [0.15, 0.2) is 11.6 Å². The van der Waals surface area contributed by atoms with E-state index in [4.69, 9.17) is 5.11 Å². The third-order valence-electron chi connectivity index (χ3n) is 3.95. The van der Waals surface area contributed by atoms with Crippen LogP contribution in [0.25, 0.3) is 5.76 Å². The Balaban J connectivity index is 1.90. The molecular weight excluding hydrogens is 348 g/mol. The summed E-state index contributed by atoms with van der Waals surface area (Å²) in [5.41, 5.74) is 2.09. The number of aromatic amines is 1. The minimum absolute atomic E-state index is 0.0257. The number of nitrogens with zero attached hydrogens (tertiary/aromatic N) is 3. The van der Waals surface area contributed by atoms with Gasteiger partial charge in [-0.05, 0) is 23.6 Å². The Labute approximate surface area is 154 Å². The van der Waals surface area contributed by atoms with Crippen molar-refractivity contribution in [2.75, 3.05) is 0 Å². The summed E-state index contributed by atoms with van der Waals surface area (Å²) in [6, 6.07) is 11.2. The van der Waals surface area contributed by atoms with E-state index in [1.165, 1.54) is 6.33 Å². The second kappa shape index (κ2) is 8.13. The Morgan fingerprint density at radius 1 is 1.15 bits per heavy atom. The second-order valence-electron chi connectivity index (χ2n) is 5.97. The Morgan fingerprint density at radius 2 is 1.93 bits per heavy atom. The first-order valence-corrected chi connectivity index (χ1v) is 8.28. The molecule has 1 aromatic carbocycles. The first-order chi connectivity index (χ1) is 13.0. The predicted octanol–water partition coefficient (Wildman–Crippen LogP) is 2.45. The van der Waals surface area contributed by atoms with Gasteiger partial charge in [0.25, 0.3) is 0 Å². The normalized spacial score (nSPS) is 11.5. The molecule has 0 aliphatic rings. The number of carboxylic acids is 1. The minimum atomic E-state index is -0.901. The summed E-state index contributed by atoms with van der Waals surface area (Å²) >= 11 is 0.